The Balaban J connectivity index is 2.54. The van der Waals surface area contributed by atoms with Gasteiger partial charge in [-0.05, 0) is 17.6 Å². The predicted molar refractivity (Wildman–Crippen MR) is 58.2 cm³/mol. The zero-order valence-electron chi connectivity index (χ0n) is 7.27. The Morgan fingerprint density at radius 3 is 2.86 bits per heavy atom. The molecule has 5 heteroatoms. The molecular weight excluding hydrogens is 218 g/mol. The first-order valence-electron chi connectivity index (χ1n) is 4.09. The molecule has 0 aliphatic heterocycles. The molecule has 0 atom stereocenters. The zero-order valence-corrected chi connectivity index (χ0v) is 8.85. The van der Waals surface area contributed by atoms with Gasteiger partial charge in [0, 0.05) is 12.1 Å². The molecule has 0 bridgehead atoms. The van der Waals surface area contributed by atoms with Crippen LogP contribution in [0.1, 0.15) is 4.88 Å². The van der Waals surface area contributed by atoms with E-state index in [0.717, 1.165) is 16.1 Å². The fourth-order valence-electron chi connectivity index (χ4n) is 1.20. The normalized spacial score (nSPS) is 10.4. The summed E-state index contributed by atoms with van der Waals surface area (Å²) >= 11 is 7.35. The SMILES string of the molecule is NCc1snnc1-c1ccccc1Cl. The molecule has 2 rings (SSSR count). The van der Waals surface area contributed by atoms with E-state index in [9.17, 15) is 0 Å². The second-order valence-corrected chi connectivity index (χ2v) is 3.97. The maximum Gasteiger partial charge on any atom is 0.111 e. The number of rotatable bonds is 2. The minimum atomic E-state index is 0.443. The maximum absolute atomic E-state index is 6.04. The van der Waals surface area contributed by atoms with Crippen molar-refractivity contribution in [1.29, 1.82) is 0 Å². The van der Waals surface area contributed by atoms with E-state index in [4.69, 9.17) is 17.3 Å². The third kappa shape index (κ3) is 1.64. The van der Waals surface area contributed by atoms with Gasteiger partial charge in [0.15, 0.2) is 0 Å². The van der Waals surface area contributed by atoms with Crippen LogP contribution in [-0.4, -0.2) is 9.59 Å². The van der Waals surface area contributed by atoms with Crippen LogP contribution in [0.3, 0.4) is 0 Å². The summed E-state index contributed by atoms with van der Waals surface area (Å²) in [7, 11) is 0. The van der Waals surface area contributed by atoms with Gasteiger partial charge >= 0.3 is 0 Å². The van der Waals surface area contributed by atoms with Gasteiger partial charge in [-0.3, -0.25) is 0 Å². The van der Waals surface area contributed by atoms with Gasteiger partial charge in [0.2, 0.25) is 0 Å². The number of halogens is 1. The molecule has 0 aliphatic rings. The number of benzene rings is 1. The van der Waals surface area contributed by atoms with Crippen molar-refractivity contribution >= 4 is 23.1 Å². The molecule has 0 amide bonds. The highest BCUT2D eigenvalue weighted by Gasteiger charge is 2.11. The Bertz CT molecular complexity index is 441. The Morgan fingerprint density at radius 1 is 1.36 bits per heavy atom. The minimum Gasteiger partial charge on any atom is -0.326 e. The zero-order chi connectivity index (χ0) is 9.97. The lowest BCUT2D eigenvalue weighted by atomic mass is 10.1. The van der Waals surface area contributed by atoms with Crippen LogP contribution in [-0.2, 0) is 6.54 Å². The second-order valence-electron chi connectivity index (χ2n) is 2.73. The molecule has 0 saturated carbocycles. The van der Waals surface area contributed by atoms with Gasteiger partial charge in [-0.25, -0.2) is 0 Å². The van der Waals surface area contributed by atoms with Crippen LogP contribution in [0.25, 0.3) is 11.3 Å². The molecule has 0 radical (unpaired) electrons. The van der Waals surface area contributed by atoms with Crippen molar-refractivity contribution in [3.05, 3.63) is 34.2 Å². The molecule has 0 spiro atoms. The standard InChI is InChI=1S/C9H8ClN3S/c10-7-4-2-1-3-6(7)9-8(5-11)14-13-12-9/h1-4H,5,11H2. The predicted octanol–water partition coefficient (Wildman–Crippen LogP) is 2.32. The lowest BCUT2D eigenvalue weighted by molar-refractivity contribution is 1.08. The van der Waals surface area contributed by atoms with Gasteiger partial charge in [-0.1, -0.05) is 34.3 Å². The molecule has 1 heterocycles. The van der Waals surface area contributed by atoms with Crippen molar-refractivity contribution in [3.8, 4) is 11.3 Å². The van der Waals surface area contributed by atoms with Crippen molar-refractivity contribution in [2.24, 2.45) is 5.73 Å². The van der Waals surface area contributed by atoms with E-state index in [2.05, 4.69) is 9.59 Å². The van der Waals surface area contributed by atoms with Crippen molar-refractivity contribution in [2.75, 3.05) is 0 Å². The van der Waals surface area contributed by atoms with E-state index in [-0.39, 0.29) is 0 Å². The molecule has 1 aromatic heterocycles. The van der Waals surface area contributed by atoms with Gasteiger partial charge in [0.25, 0.3) is 0 Å². The third-order valence-electron chi connectivity index (χ3n) is 1.87. The van der Waals surface area contributed by atoms with E-state index >= 15 is 0 Å². The van der Waals surface area contributed by atoms with Gasteiger partial charge in [-0.15, -0.1) is 5.10 Å². The summed E-state index contributed by atoms with van der Waals surface area (Å²) in [4.78, 5) is 0.957. The number of hydrogen-bond acceptors (Lipinski definition) is 4. The Kier molecular flexibility index (Phi) is 2.77. The van der Waals surface area contributed by atoms with Crippen LogP contribution in [0, 0.1) is 0 Å². The van der Waals surface area contributed by atoms with Gasteiger partial charge in [0.1, 0.15) is 5.69 Å². The summed E-state index contributed by atoms with van der Waals surface area (Å²) < 4.78 is 3.86. The summed E-state index contributed by atoms with van der Waals surface area (Å²) in [6, 6.07) is 7.55. The molecule has 0 unspecified atom stereocenters. The highest BCUT2D eigenvalue weighted by atomic mass is 35.5. The summed E-state index contributed by atoms with van der Waals surface area (Å²) in [6.45, 7) is 0.443. The Morgan fingerprint density at radius 2 is 2.14 bits per heavy atom. The molecule has 0 fully saturated rings. The van der Waals surface area contributed by atoms with Crippen LogP contribution in [0.2, 0.25) is 5.02 Å². The molecule has 14 heavy (non-hydrogen) atoms. The Labute approximate surface area is 90.7 Å². The van der Waals surface area contributed by atoms with E-state index in [1.165, 1.54) is 11.5 Å². The third-order valence-corrected chi connectivity index (χ3v) is 2.94. The van der Waals surface area contributed by atoms with Crippen LogP contribution in [0.4, 0.5) is 0 Å². The number of nitrogens with zero attached hydrogens (tertiary/aromatic N) is 2. The molecule has 72 valence electrons. The van der Waals surface area contributed by atoms with Gasteiger partial charge in [-0.2, -0.15) is 0 Å². The smallest absolute Gasteiger partial charge is 0.111 e. The summed E-state index contributed by atoms with van der Waals surface area (Å²) in [5.74, 6) is 0. The second kappa shape index (κ2) is 4.04. The molecule has 1 aromatic carbocycles. The lowest BCUT2D eigenvalue weighted by Crippen LogP contribution is -1.95. The van der Waals surface area contributed by atoms with Crippen molar-refractivity contribution in [3.63, 3.8) is 0 Å². The minimum absolute atomic E-state index is 0.443. The topological polar surface area (TPSA) is 51.8 Å². The van der Waals surface area contributed by atoms with Gasteiger partial charge in [0.05, 0.1) is 9.90 Å². The van der Waals surface area contributed by atoms with Crippen molar-refractivity contribution in [2.45, 2.75) is 6.54 Å². The van der Waals surface area contributed by atoms with Crippen molar-refractivity contribution < 1.29 is 0 Å². The van der Waals surface area contributed by atoms with Crippen LogP contribution in [0.5, 0.6) is 0 Å². The first-order valence-corrected chi connectivity index (χ1v) is 5.24. The van der Waals surface area contributed by atoms with Crippen LogP contribution in [0.15, 0.2) is 24.3 Å². The molecule has 3 nitrogen and oxygen atoms in total. The summed E-state index contributed by atoms with van der Waals surface area (Å²) in [6.07, 6.45) is 0. The Hall–Kier alpha value is -0.970. The summed E-state index contributed by atoms with van der Waals surface area (Å²) in [5.41, 5.74) is 7.26. The number of nitrogens with two attached hydrogens (primary N) is 1. The summed E-state index contributed by atoms with van der Waals surface area (Å²) in [5, 5.41) is 4.70. The van der Waals surface area contributed by atoms with E-state index in [1.54, 1.807) is 0 Å². The highest BCUT2D eigenvalue weighted by Crippen LogP contribution is 2.29. The monoisotopic (exact) mass is 225 g/mol. The first kappa shape index (κ1) is 9.58. The van der Waals surface area contributed by atoms with E-state index < -0.39 is 0 Å². The molecular formula is C9H8ClN3S. The van der Waals surface area contributed by atoms with Crippen LogP contribution >= 0.6 is 23.1 Å². The molecule has 2 N–H and O–H groups in total. The van der Waals surface area contributed by atoms with E-state index in [1.807, 2.05) is 24.3 Å². The largest absolute Gasteiger partial charge is 0.326 e. The average molecular weight is 226 g/mol. The highest BCUT2D eigenvalue weighted by molar-refractivity contribution is 7.05. The maximum atomic E-state index is 6.04. The lowest BCUT2D eigenvalue weighted by Gasteiger charge is -2.00. The fourth-order valence-corrected chi connectivity index (χ4v) is 1.96. The molecule has 0 saturated heterocycles. The van der Waals surface area contributed by atoms with Crippen molar-refractivity contribution in [1.82, 2.24) is 9.59 Å². The van der Waals surface area contributed by atoms with Gasteiger partial charge < -0.3 is 5.73 Å². The molecule has 0 aliphatic carbocycles. The first-order chi connectivity index (χ1) is 6.83. The van der Waals surface area contributed by atoms with E-state index in [0.29, 0.717) is 11.6 Å². The number of hydrogen-bond donors (Lipinski definition) is 1. The quantitative estimate of drug-likeness (QED) is 0.854. The number of aromatic nitrogens is 2. The van der Waals surface area contributed by atoms with Crippen LogP contribution < -0.4 is 5.73 Å². The fraction of sp³-hybridized carbons (Fsp3) is 0.111. The molecule has 2 aromatic rings. The average Bonchev–Trinajstić information content (AvgIpc) is 2.66.